The fraction of sp³-hybridized carbons (Fsp3) is 0.462. The molecule has 0 radical (unpaired) electrons. The predicted molar refractivity (Wildman–Crippen MR) is 80.2 cm³/mol. The summed E-state index contributed by atoms with van der Waals surface area (Å²) >= 11 is 2.30. The Kier molecular flexibility index (Phi) is 5.26. The van der Waals surface area contributed by atoms with E-state index in [1.165, 1.54) is 9.13 Å². The second-order valence-electron chi connectivity index (χ2n) is 4.35. The molecule has 1 aliphatic rings. The summed E-state index contributed by atoms with van der Waals surface area (Å²) in [5, 5.41) is 3.46. The molecule has 0 fully saturated rings. The molecule has 3 N–H and O–H groups in total. The second-order valence-corrected chi connectivity index (χ2v) is 5.59. The van der Waals surface area contributed by atoms with Gasteiger partial charge in [0.2, 0.25) is 0 Å². The number of ether oxygens (including phenoxy) is 2. The molecule has 1 aliphatic heterocycles. The van der Waals surface area contributed by atoms with E-state index in [1.807, 2.05) is 12.1 Å². The van der Waals surface area contributed by atoms with Crippen LogP contribution in [-0.2, 0) is 4.74 Å². The number of hydrogen-bond donors (Lipinski definition) is 2. The average molecular weight is 376 g/mol. The maximum absolute atomic E-state index is 10.4. The molecule has 19 heavy (non-hydrogen) atoms. The third-order valence-corrected chi connectivity index (χ3v) is 3.64. The zero-order valence-electron chi connectivity index (χ0n) is 10.5. The van der Waals surface area contributed by atoms with Gasteiger partial charge in [-0.2, -0.15) is 0 Å². The van der Waals surface area contributed by atoms with Gasteiger partial charge in [0.1, 0.15) is 5.75 Å². The SMILES string of the molecule is NC(=O)OCCCNC1CCOc2ccc(I)cc21. The molecule has 1 aromatic rings. The lowest BCUT2D eigenvalue weighted by Gasteiger charge is -2.27. The number of hydrogen-bond acceptors (Lipinski definition) is 4. The Hall–Kier alpha value is -1.02. The van der Waals surface area contributed by atoms with Crippen LogP contribution in [0.2, 0.25) is 0 Å². The Morgan fingerprint density at radius 3 is 3.21 bits per heavy atom. The molecule has 0 spiro atoms. The van der Waals surface area contributed by atoms with Crippen molar-refractivity contribution < 1.29 is 14.3 Å². The van der Waals surface area contributed by atoms with Gasteiger partial charge in [-0.1, -0.05) is 0 Å². The number of fused-ring (bicyclic) bond motifs is 1. The van der Waals surface area contributed by atoms with Crippen molar-refractivity contribution >= 4 is 28.7 Å². The van der Waals surface area contributed by atoms with Gasteiger partial charge in [-0.15, -0.1) is 0 Å². The van der Waals surface area contributed by atoms with Gasteiger partial charge < -0.3 is 20.5 Å². The highest BCUT2D eigenvalue weighted by molar-refractivity contribution is 14.1. The quantitative estimate of drug-likeness (QED) is 0.611. The minimum atomic E-state index is -0.717. The number of nitrogens with one attached hydrogen (secondary N) is 1. The van der Waals surface area contributed by atoms with Gasteiger partial charge in [-0.05, 0) is 53.8 Å². The summed E-state index contributed by atoms with van der Waals surface area (Å²) in [4.78, 5) is 10.4. The fourth-order valence-corrected chi connectivity index (χ4v) is 2.61. The van der Waals surface area contributed by atoms with Gasteiger partial charge in [0.05, 0.1) is 13.2 Å². The molecule has 0 aromatic heterocycles. The standard InChI is InChI=1S/C13H17IN2O3/c14-9-2-3-12-10(8-9)11(4-7-18-12)16-5-1-6-19-13(15)17/h2-3,8,11,16H,1,4-7H2,(H2,15,17). The number of amides is 1. The Morgan fingerprint density at radius 2 is 2.42 bits per heavy atom. The highest BCUT2D eigenvalue weighted by atomic mass is 127. The first kappa shape index (κ1) is 14.4. The van der Waals surface area contributed by atoms with E-state index in [0.717, 1.165) is 31.7 Å². The van der Waals surface area contributed by atoms with Crippen molar-refractivity contribution in [1.29, 1.82) is 0 Å². The van der Waals surface area contributed by atoms with Gasteiger partial charge in [0, 0.05) is 21.6 Å². The largest absolute Gasteiger partial charge is 0.493 e. The number of primary amides is 1. The van der Waals surface area contributed by atoms with E-state index in [2.05, 4.69) is 34.0 Å². The lowest BCUT2D eigenvalue weighted by atomic mass is 10.0. The maximum Gasteiger partial charge on any atom is 0.404 e. The molecule has 1 atom stereocenters. The molecule has 5 nitrogen and oxygen atoms in total. The van der Waals surface area contributed by atoms with Crippen molar-refractivity contribution in [3.05, 3.63) is 27.3 Å². The molecule has 1 heterocycles. The van der Waals surface area contributed by atoms with Crippen LogP contribution in [0, 0.1) is 3.57 Å². The summed E-state index contributed by atoms with van der Waals surface area (Å²) in [7, 11) is 0. The summed E-state index contributed by atoms with van der Waals surface area (Å²) in [6.07, 6.45) is 0.981. The predicted octanol–water partition coefficient (Wildman–Crippen LogP) is 2.19. The molecule has 104 valence electrons. The van der Waals surface area contributed by atoms with E-state index < -0.39 is 6.09 Å². The summed E-state index contributed by atoms with van der Waals surface area (Å²) in [5.41, 5.74) is 6.10. The van der Waals surface area contributed by atoms with Gasteiger partial charge in [0.25, 0.3) is 0 Å². The molecule has 1 unspecified atom stereocenters. The molecule has 1 amide bonds. The first-order valence-electron chi connectivity index (χ1n) is 6.24. The van der Waals surface area contributed by atoms with Gasteiger partial charge in [-0.3, -0.25) is 0 Å². The van der Waals surface area contributed by atoms with Crippen molar-refractivity contribution in [2.45, 2.75) is 18.9 Å². The van der Waals surface area contributed by atoms with Crippen LogP contribution in [0.25, 0.3) is 0 Å². The second kappa shape index (κ2) is 6.95. The highest BCUT2D eigenvalue weighted by Gasteiger charge is 2.20. The number of benzene rings is 1. The monoisotopic (exact) mass is 376 g/mol. The summed E-state index contributed by atoms with van der Waals surface area (Å²) in [6.45, 7) is 1.86. The van der Waals surface area contributed by atoms with Crippen molar-refractivity contribution in [2.24, 2.45) is 5.73 Å². The normalized spacial score (nSPS) is 17.4. The van der Waals surface area contributed by atoms with Gasteiger partial charge >= 0.3 is 6.09 Å². The lowest BCUT2D eigenvalue weighted by Crippen LogP contribution is -2.28. The molecule has 0 aliphatic carbocycles. The number of rotatable bonds is 5. The van der Waals surface area contributed by atoms with E-state index in [4.69, 9.17) is 15.2 Å². The number of nitrogens with two attached hydrogens (primary N) is 1. The van der Waals surface area contributed by atoms with Crippen molar-refractivity contribution in [3.63, 3.8) is 0 Å². The van der Waals surface area contributed by atoms with Crippen LogP contribution < -0.4 is 15.8 Å². The van der Waals surface area contributed by atoms with Crippen LogP contribution in [-0.4, -0.2) is 25.9 Å². The van der Waals surface area contributed by atoms with Crippen LogP contribution in [0.15, 0.2) is 18.2 Å². The van der Waals surface area contributed by atoms with E-state index in [9.17, 15) is 4.79 Å². The van der Waals surface area contributed by atoms with Crippen LogP contribution >= 0.6 is 22.6 Å². The lowest BCUT2D eigenvalue weighted by molar-refractivity contribution is 0.154. The van der Waals surface area contributed by atoms with Gasteiger partial charge in [0.15, 0.2) is 0 Å². The van der Waals surface area contributed by atoms with Gasteiger partial charge in [-0.25, -0.2) is 4.79 Å². The zero-order valence-corrected chi connectivity index (χ0v) is 12.7. The smallest absolute Gasteiger partial charge is 0.404 e. The summed E-state index contributed by atoms with van der Waals surface area (Å²) in [6, 6.07) is 6.50. The van der Waals surface area contributed by atoms with E-state index >= 15 is 0 Å². The molecule has 0 bridgehead atoms. The highest BCUT2D eigenvalue weighted by Crippen LogP contribution is 2.32. The summed E-state index contributed by atoms with van der Waals surface area (Å²) < 4.78 is 11.5. The van der Waals surface area contributed by atoms with E-state index in [-0.39, 0.29) is 0 Å². The fourth-order valence-electron chi connectivity index (χ4n) is 2.10. The third kappa shape index (κ3) is 4.24. The van der Waals surface area contributed by atoms with Crippen LogP contribution in [0.3, 0.4) is 0 Å². The molecule has 0 saturated carbocycles. The van der Waals surface area contributed by atoms with Crippen LogP contribution in [0.4, 0.5) is 4.79 Å². The molecule has 6 heteroatoms. The van der Waals surface area contributed by atoms with E-state index in [1.54, 1.807) is 0 Å². The molecule has 2 rings (SSSR count). The topological polar surface area (TPSA) is 73.6 Å². The average Bonchev–Trinajstić information content (AvgIpc) is 2.38. The molecule has 0 saturated heterocycles. The minimum absolute atomic E-state index is 0.298. The first-order chi connectivity index (χ1) is 9.16. The van der Waals surface area contributed by atoms with Crippen LogP contribution in [0.5, 0.6) is 5.75 Å². The Bertz CT molecular complexity index is 454. The number of halogens is 1. The molecule has 1 aromatic carbocycles. The minimum Gasteiger partial charge on any atom is -0.493 e. The molecular formula is C13H17IN2O3. The Morgan fingerprint density at radius 1 is 1.58 bits per heavy atom. The maximum atomic E-state index is 10.4. The van der Waals surface area contributed by atoms with Crippen molar-refractivity contribution in [1.82, 2.24) is 5.32 Å². The van der Waals surface area contributed by atoms with Crippen molar-refractivity contribution in [2.75, 3.05) is 19.8 Å². The number of carbonyl (C=O) groups is 1. The van der Waals surface area contributed by atoms with E-state index in [0.29, 0.717) is 12.6 Å². The summed E-state index contributed by atoms with van der Waals surface area (Å²) in [5.74, 6) is 0.956. The Labute approximate surface area is 126 Å². The first-order valence-corrected chi connectivity index (χ1v) is 7.32. The third-order valence-electron chi connectivity index (χ3n) is 2.97. The zero-order chi connectivity index (χ0) is 13.7. The Balaban J connectivity index is 1.85. The molecular weight excluding hydrogens is 359 g/mol. The van der Waals surface area contributed by atoms with Crippen LogP contribution in [0.1, 0.15) is 24.4 Å². The number of carbonyl (C=O) groups excluding carboxylic acids is 1. The van der Waals surface area contributed by atoms with Crippen molar-refractivity contribution in [3.8, 4) is 5.75 Å².